The van der Waals surface area contributed by atoms with E-state index in [1.54, 1.807) is 12.4 Å². The Balaban J connectivity index is 1.30. The number of hydrogen-bond donors (Lipinski definition) is 1. The van der Waals surface area contributed by atoms with Gasteiger partial charge in [0.05, 0.1) is 12.7 Å². The molecule has 0 aliphatic carbocycles. The van der Waals surface area contributed by atoms with E-state index in [9.17, 15) is 0 Å². The maximum absolute atomic E-state index is 6.06. The van der Waals surface area contributed by atoms with Crippen molar-refractivity contribution in [2.75, 3.05) is 31.6 Å². The molecule has 0 radical (unpaired) electrons. The van der Waals surface area contributed by atoms with Crippen LogP contribution in [-0.2, 0) is 11.3 Å². The minimum atomic E-state index is 0.285. The summed E-state index contributed by atoms with van der Waals surface area (Å²) in [5.41, 5.74) is 0. The molecule has 4 heterocycles. The van der Waals surface area contributed by atoms with E-state index < -0.39 is 0 Å². The molecule has 2 aromatic heterocycles. The Bertz CT molecular complexity index is 606. The number of thiophene rings is 1. The molecule has 0 amide bonds. The molecule has 2 aromatic rings. The highest BCUT2D eigenvalue weighted by Crippen LogP contribution is 2.35. The lowest BCUT2D eigenvalue weighted by Gasteiger charge is -2.35. The van der Waals surface area contributed by atoms with Gasteiger partial charge in [-0.2, -0.15) is 0 Å². The van der Waals surface area contributed by atoms with Gasteiger partial charge in [0.25, 0.3) is 0 Å². The maximum Gasteiger partial charge on any atom is 0.222 e. The highest BCUT2D eigenvalue weighted by molar-refractivity contribution is 7.09. The second-order valence-electron chi connectivity index (χ2n) is 6.35. The van der Waals surface area contributed by atoms with Crippen LogP contribution < -0.4 is 5.32 Å². The molecule has 0 unspecified atom stereocenters. The van der Waals surface area contributed by atoms with Gasteiger partial charge in [0.2, 0.25) is 5.95 Å². The maximum atomic E-state index is 6.06. The Morgan fingerprint density at radius 1 is 1.30 bits per heavy atom. The third kappa shape index (κ3) is 3.54. The topological polar surface area (TPSA) is 50.3 Å². The molecule has 2 fully saturated rings. The van der Waals surface area contributed by atoms with Crippen molar-refractivity contribution in [3.8, 4) is 0 Å². The number of aromatic nitrogens is 2. The van der Waals surface area contributed by atoms with Crippen LogP contribution in [0.15, 0.2) is 36.0 Å². The predicted octanol–water partition coefficient (Wildman–Crippen LogP) is 2.49. The first kappa shape index (κ1) is 15.1. The Morgan fingerprint density at radius 2 is 2.22 bits per heavy atom. The number of rotatable bonds is 5. The first-order valence-corrected chi connectivity index (χ1v) is 9.13. The minimum absolute atomic E-state index is 0.285. The minimum Gasteiger partial charge on any atom is -0.376 e. The van der Waals surface area contributed by atoms with E-state index in [0.717, 1.165) is 26.2 Å². The third-order valence-electron chi connectivity index (χ3n) is 4.87. The molecule has 2 saturated heterocycles. The number of nitrogens with one attached hydrogen (secondary N) is 1. The van der Waals surface area contributed by atoms with Crippen molar-refractivity contribution in [2.24, 2.45) is 11.8 Å². The summed E-state index contributed by atoms with van der Waals surface area (Å²) in [7, 11) is 0. The fourth-order valence-electron chi connectivity index (χ4n) is 3.72. The van der Waals surface area contributed by atoms with Crippen molar-refractivity contribution in [1.82, 2.24) is 14.9 Å². The number of ether oxygens (including phenoxy) is 1. The molecule has 6 heteroatoms. The molecule has 2 aliphatic heterocycles. The van der Waals surface area contributed by atoms with Crippen LogP contribution in [0, 0.1) is 11.8 Å². The van der Waals surface area contributed by atoms with Gasteiger partial charge in [-0.3, -0.25) is 4.90 Å². The first-order chi connectivity index (χ1) is 11.4. The SMILES string of the molecule is c1cnc(NC[C@H]2OC[C@H]3CN(Cc4cccs4)CC[C@H]32)nc1. The lowest BCUT2D eigenvalue weighted by molar-refractivity contribution is 0.0947. The van der Waals surface area contributed by atoms with Crippen LogP contribution in [0.25, 0.3) is 0 Å². The Labute approximate surface area is 140 Å². The quantitative estimate of drug-likeness (QED) is 0.913. The molecule has 5 nitrogen and oxygen atoms in total. The molecular formula is C17H22N4OS. The molecule has 122 valence electrons. The van der Waals surface area contributed by atoms with Gasteiger partial charge in [0.1, 0.15) is 0 Å². The van der Waals surface area contributed by atoms with Crippen LogP contribution in [0.3, 0.4) is 0 Å². The van der Waals surface area contributed by atoms with E-state index in [-0.39, 0.29) is 6.10 Å². The summed E-state index contributed by atoms with van der Waals surface area (Å²) in [5, 5.41) is 5.47. The van der Waals surface area contributed by atoms with Gasteiger partial charge < -0.3 is 10.1 Å². The van der Waals surface area contributed by atoms with Gasteiger partial charge in [0.15, 0.2) is 0 Å². The molecule has 1 N–H and O–H groups in total. The van der Waals surface area contributed by atoms with Crippen LogP contribution in [0.4, 0.5) is 5.95 Å². The van der Waals surface area contributed by atoms with E-state index >= 15 is 0 Å². The number of fused-ring (bicyclic) bond motifs is 1. The molecule has 23 heavy (non-hydrogen) atoms. The Morgan fingerprint density at radius 3 is 3.04 bits per heavy atom. The third-order valence-corrected chi connectivity index (χ3v) is 5.73. The average Bonchev–Trinajstić information content (AvgIpc) is 3.23. The molecular weight excluding hydrogens is 308 g/mol. The molecule has 3 atom stereocenters. The number of nitrogens with zero attached hydrogens (tertiary/aromatic N) is 3. The summed E-state index contributed by atoms with van der Waals surface area (Å²) in [6.45, 7) is 5.09. The number of anilines is 1. The molecule has 0 aromatic carbocycles. The largest absolute Gasteiger partial charge is 0.376 e. The van der Waals surface area contributed by atoms with Crippen LogP contribution in [0.1, 0.15) is 11.3 Å². The molecule has 2 aliphatic rings. The van der Waals surface area contributed by atoms with Crippen LogP contribution >= 0.6 is 11.3 Å². The highest BCUT2D eigenvalue weighted by Gasteiger charge is 2.40. The van der Waals surface area contributed by atoms with E-state index in [1.165, 1.54) is 17.8 Å². The smallest absolute Gasteiger partial charge is 0.222 e. The lowest BCUT2D eigenvalue weighted by Crippen LogP contribution is -2.42. The van der Waals surface area contributed by atoms with Gasteiger partial charge >= 0.3 is 0 Å². The second kappa shape index (κ2) is 6.95. The fraction of sp³-hybridized carbons (Fsp3) is 0.529. The summed E-state index contributed by atoms with van der Waals surface area (Å²) in [6.07, 6.45) is 5.03. The van der Waals surface area contributed by atoms with Gasteiger partial charge in [-0.05, 0) is 36.4 Å². The van der Waals surface area contributed by atoms with E-state index in [4.69, 9.17) is 4.74 Å². The standard InChI is InChI=1S/C17H22N4OS/c1-3-14(23-8-1)11-21-7-4-15-13(10-21)12-22-16(15)9-20-17-18-5-2-6-19-17/h1-3,5-6,8,13,15-16H,4,7,9-12H2,(H,18,19,20)/t13-,15-,16-/m1/s1. The van der Waals surface area contributed by atoms with Gasteiger partial charge in [0, 0.05) is 42.8 Å². The van der Waals surface area contributed by atoms with Crippen molar-refractivity contribution in [3.63, 3.8) is 0 Å². The zero-order valence-electron chi connectivity index (χ0n) is 13.1. The number of hydrogen-bond acceptors (Lipinski definition) is 6. The fourth-order valence-corrected chi connectivity index (χ4v) is 4.47. The number of piperidine rings is 1. The lowest BCUT2D eigenvalue weighted by atomic mass is 9.84. The Hall–Kier alpha value is -1.50. The molecule has 0 bridgehead atoms. The highest BCUT2D eigenvalue weighted by atomic mass is 32.1. The first-order valence-electron chi connectivity index (χ1n) is 8.26. The normalized spacial score (nSPS) is 27.7. The van der Waals surface area contributed by atoms with E-state index in [2.05, 4.69) is 37.7 Å². The summed E-state index contributed by atoms with van der Waals surface area (Å²) in [6, 6.07) is 6.20. The van der Waals surface area contributed by atoms with Gasteiger partial charge in [-0.1, -0.05) is 6.07 Å². The zero-order chi connectivity index (χ0) is 15.5. The predicted molar refractivity (Wildman–Crippen MR) is 91.5 cm³/mol. The van der Waals surface area contributed by atoms with Crippen molar-refractivity contribution in [2.45, 2.75) is 19.1 Å². The summed E-state index contributed by atoms with van der Waals surface area (Å²) < 4.78 is 6.06. The van der Waals surface area contributed by atoms with Crippen LogP contribution in [-0.4, -0.2) is 47.2 Å². The molecule has 0 spiro atoms. The van der Waals surface area contributed by atoms with Crippen molar-refractivity contribution in [1.29, 1.82) is 0 Å². The van der Waals surface area contributed by atoms with Crippen LogP contribution in [0.5, 0.6) is 0 Å². The van der Waals surface area contributed by atoms with Crippen molar-refractivity contribution < 1.29 is 4.74 Å². The molecule has 0 saturated carbocycles. The van der Waals surface area contributed by atoms with Crippen LogP contribution in [0.2, 0.25) is 0 Å². The Kier molecular flexibility index (Phi) is 4.55. The van der Waals surface area contributed by atoms with Crippen molar-refractivity contribution in [3.05, 3.63) is 40.8 Å². The molecule has 4 rings (SSSR count). The van der Waals surface area contributed by atoms with E-state index in [1.807, 2.05) is 17.4 Å². The zero-order valence-corrected chi connectivity index (χ0v) is 13.9. The monoisotopic (exact) mass is 330 g/mol. The summed E-state index contributed by atoms with van der Waals surface area (Å²) >= 11 is 1.85. The summed E-state index contributed by atoms with van der Waals surface area (Å²) in [4.78, 5) is 12.5. The average molecular weight is 330 g/mol. The van der Waals surface area contributed by atoms with E-state index in [0.29, 0.717) is 17.8 Å². The number of likely N-dealkylation sites (tertiary alicyclic amines) is 1. The van der Waals surface area contributed by atoms with Gasteiger partial charge in [-0.15, -0.1) is 11.3 Å². The second-order valence-corrected chi connectivity index (χ2v) is 7.38. The van der Waals surface area contributed by atoms with Gasteiger partial charge in [-0.25, -0.2) is 9.97 Å². The van der Waals surface area contributed by atoms with Crippen molar-refractivity contribution >= 4 is 17.3 Å². The summed E-state index contributed by atoms with van der Waals surface area (Å²) in [5.74, 6) is 2.01.